The third-order valence-corrected chi connectivity index (χ3v) is 4.12. The molecule has 6 heteroatoms. The van der Waals surface area contributed by atoms with Gasteiger partial charge in [-0.3, -0.25) is 4.99 Å². The first-order valence-corrected chi connectivity index (χ1v) is 7.89. The molecular formula is C17H28IN3O2. The lowest BCUT2D eigenvalue weighted by Gasteiger charge is -2.31. The molecule has 1 aliphatic rings. The fraction of sp³-hybridized carbons (Fsp3) is 0.588. The summed E-state index contributed by atoms with van der Waals surface area (Å²) in [5.74, 6) is 3.05. The van der Waals surface area contributed by atoms with Gasteiger partial charge in [0.2, 0.25) is 0 Å². The number of rotatable bonds is 5. The number of ether oxygens (including phenoxy) is 2. The van der Waals surface area contributed by atoms with Crippen LogP contribution < -0.4 is 15.2 Å². The number of hydrogen-bond donors (Lipinski definition) is 1. The summed E-state index contributed by atoms with van der Waals surface area (Å²) >= 11 is 0. The second-order valence-electron chi connectivity index (χ2n) is 5.86. The van der Waals surface area contributed by atoms with Crippen LogP contribution in [0.1, 0.15) is 25.3 Å². The van der Waals surface area contributed by atoms with Crippen LogP contribution in [0.5, 0.6) is 11.5 Å². The van der Waals surface area contributed by atoms with E-state index in [0.29, 0.717) is 18.4 Å². The standard InChI is InChI=1S/C17H27N3O2.HI/c1-13-5-4-10-20(12-13)17(18)19-9-8-14-11-15(21-2)6-7-16(14)22-3;/h6-7,11,13H,4-5,8-10,12H2,1-3H3,(H2,18,19);1H. The molecule has 0 radical (unpaired) electrons. The SMILES string of the molecule is COc1ccc(OC)c(CCN=C(N)N2CCCC(C)C2)c1.I. The summed E-state index contributed by atoms with van der Waals surface area (Å²) in [5.41, 5.74) is 7.21. The topological polar surface area (TPSA) is 60.1 Å². The first-order valence-electron chi connectivity index (χ1n) is 7.89. The molecule has 1 aromatic rings. The molecule has 1 atom stereocenters. The van der Waals surface area contributed by atoms with Gasteiger partial charge in [-0.1, -0.05) is 6.92 Å². The van der Waals surface area contributed by atoms with Gasteiger partial charge in [0.05, 0.1) is 14.2 Å². The summed E-state index contributed by atoms with van der Waals surface area (Å²) in [6, 6.07) is 5.82. The quantitative estimate of drug-likeness (QED) is 0.441. The molecule has 130 valence electrons. The van der Waals surface area contributed by atoms with Crippen LogP contribution >= 0.6 is 24.0 Å². The Morgan fingerprint density at radius 1 is 1.35 bits per heavy atom. The van der Waals surface area contributed by atoms with Crippen molar-refractivity contribution in [2.75, 3.05) is 33.9 Å². The Bertz CT molecular complexity index is 523. The Kier molecular flexibility index (Phi) is 8.51. The summed E-state index contributed by atoms with van der Waals surface area (Å²) in [7, 11) is 3.34. The predicted octanol–water partition coefficient (Wildman–Crippen LogP) is 2.91. The van der Waals surface area contributed by atoms with Crippen LogP contribution in [0.15, 0.2) is 23.2 Å². The second-order valence-corrected chi connectivity index (χ2v) is 5.86. The van der Waals surface area contributed by atoms with Crippen molar-refractivity contribution in [3.63, 3.8) is 0 Å². The molecule has 1 heterocycles. The summed E-state index contributed by atoms with van der Waals surface area (Å²) in [5, 5.41) is 0. The Hall–Kier alpha value is -1.18. The minimum atomic E-state index is 0. The minimum Gasteiger partial charge on any atom is -0.497 e. The highest BCUT2D eigenvalue weighted by atomic mass is 127. The lowest BCUT2D eigenvalue weighted by atomic mass is 10.0. The Labute approximate surface area is 156 Å². The lowest BCUT2D eigenvalue weighted by molar-refractivity contribution is 0.270. The number of benzene rings is 1. The van der Waals surface area contributed by atoms with Gasteiger partial charge >= 0.3 is 0 Å². The van der Waals surface area contributed by atoms with Crippen LogP contribution in [-0.4, -0.2) is 44.7 Å². The minimum absolute atomic E-state index is 0. The Balaban J connectivity index is 0.00000264. The smallest absolute Gasteiger partial charge is 0.191 e. The van der Waals surface area contributed by atoms with Gasteiger partial charge in [-0.25, -0.2) is 0 Å². The number of nitrogens with two attached hydrogens (primary N) is 1. The van der Waals surface area contributed by atoms with Crippen LogP contribution in [0.3, 0.4) is 0 Å². The fourth-order valence-corrected chi connectivity index (χ4v) is 2.87. The lowest BCUT2D eigenvalue weighted by Crippen LogP contribution is -2.43. The number of aliphatic imine (C=N–C) groups is 1. The normalized spacial score (nSPS) is 18.3. The number of likely N-dealkylation sites (tertiary alicyclic amines) is 1. The van der Waals surface area contributed by atoms with Gasteiger partial charge in [0, 0.05) is 19.6 Å². The summed E-state index contributed by atoms with van der Waals surface area (Å²) in [6.45, 7) is 4.95. The van der Waals surface area contributed by atoms with E-state index in [9.17, 15) is 0 Å². The summed E-state index contributed by atoms with van der Waals surface area (Å²) in [6.07, 6.45) is 3.26. The molecule has 0 saturated carbocycles. The molecule has 5 nitrogen and oxygen atoms in total. The number of nitrogens with zero attached hydrogens (tertiary/aromatic N) is 2. The van der Waals surface area contributed by atoms with Crippen LogP contribution in [-0.2, 0) is 6.42 Å². The van der Waals surface area contributed by atoms with E-state index < -0.39 is 0 Å². The van der Waals surface area contributed by atoms with E-state index in [2.05, 4.69) is 16.8 Å². The van der Waals surface area contributed by atoms with E-state index in [-0.39, 0.29) is 24.0 Å². The van der Waals surface area contributed by atoms with Crippen LogP contribution in [0, 0.1) is 5.92 Å². The van der Waals surface area contributed by atoms with Gasteiger partial charge in [-0.05, 0) is 48.9 Å². The van der Waals surface area contributed by atoms with E-state index in [1.165, 1.54) is 12.8 Å². The molecule has 0 aromatic heterocycles. The van der Waals surface area contributed by atoms with Crippen molar-refractivity contribution in [2.24, 2.45) is 16.6 Å². The van der Waals surface area contributed by atoms with E-state index in [0.717, 1.165) is 36.6 Å². The zero-order valence-corrected chi connectivity index (χ0v) is 16.6. The van der Waals surface area contributed by atoms with E-state index in [1.807, 2.05) is 18.2 Å². The van der Waals surface area contributed by atoms with Crippen molar-refractivity contribution in [3.8, 4) is 11.5 Å². The third kappa shape index (κ3) is 5.75. The maximum atomic E-state index is 6.12. The molecular weight excluding hydrogens is 405 g/mol. The second kappa shape index (κ2) is 9.85. The number of methoxy groups -OCH3 is 2. The number of guanidine groups is 1. The molecule has 0 spiro atoms. The average molecular weight is 433 g/mol. The molecule has 1 saturated heterocycles. The van der Waals surface area contributed by atoms with Gasteiger partial charge in [0.15, 0.2) is 5.96 Å². The maximum absolute atomic E-state index is 6.12. The first-order chi connectivity index (χ1) is 10.6. The molecule has 2 rings (SSSR count). The molecule has 1 unspecified atom stereocenters. The van der Waals surface area contributed by atoms with Crippen molar-refractivity contribution >= 4 is 29.9 Å². The molecule has 1 aromatic carbocycles. The zero-order chi connectivity index (χ0) is 15.9. The molecule has 0 bridgehead atoms. The van der Waals surface area contributed by atoms with E-state index in [1.54, 1.807) is 14.2 Å². The van der Waals surface area contributed by atoms with Gasteiger partial charge < -0.3 is 20.1 Å². The third-order valence-electron chi connectivity index (χ3n) is 4.12. The molecule has 0 aliphatic carbocycles. The molecule has 1 fully saturated rings. The first kappa shape index (κ1) is 19.9. The van der Waals surface area contributed by atoms with Gasteiger partial charge in [-0.2, -0.15) is 0 Å². The fourth-order valence-electron chi connectivity index (χ4n) is 2.87. The van der Waals surface area contributed by atoms with Crippen molar-refractivity contribution in [2.45, 2.75) is 26.2 Å². The Morgan fingerprint density at radius 2 is 2.13 bits per heavy atom. The molecule has 23 heavy (non-hydrogen) atoms. The van der Waals surface area contributed by atoms with Crippen LogP contribution in [0.25, 0.3) is 0 Å². The van der Waals surface area contributed by atoms with E-state index in [4.69, 9.17) is 15.2 Å². The summed E-state index contributed by atoms with van der Waals surface area (Å²) in [4.78, 5) is 6.72. The van der Waals surface area contributed by atoms with Crippen LogP contribution in [0.4, 0.5) is 0 Å². The zero-order valence-electron chi connectivity index (χ0n) is 14.2. The highest BCUT2D eigenvalue weighted by Gasteiger charge is 2.17. The Morgan fingerprint density at radius 3 is 2.78 bits per heavy atom. The highest BCUT2D eigenvalue weighted by molar-refractivity contribution is 14.0. The van der Waals surface area contributed by atoms with E-state index >= 15 is 0 Å². The van der Waals surface area contributed by atoms with Crippen molar-refractivity contribution in [1.82, 2.24) is 4.90 Å². The number of halogens is 1. The molecule has 2 N–H and O–H groups in total. The monoisotopic (exact) mass is 433 g/mol. The number of piperidine rings is 1. The number of hydrogen-bond acceptors (Lipinski definition) is 3. The summed E-state index contributed by atoms with van der Waals surface area (Å²) < 4.78 is 10.7. The largest absolute Gasteiger partial charge is 0.497 e. The van der Waals surface area contributed by atoms with Crippen molar-refractivity contribution in [1.29, 1.82) is 0 Å². The van der Waals surface area contributed by atoms with Crippen molar-refractivity contribution in [3.05, 3.63) is 23.8 Å². The van der Waals surface area contributed by atoms with Gasteiger partial charge in [0.25, 0.3) is 0 Å². The van der Waals surface area contributed by atoms with Gasteiger partial charge in [-0.15, -0.1) is 24.0 Å². The predicted molar refractivity (Wildman–Crippen MR) is 105 cm³/mol. The average Bonchev–Trinajstić information content (AvgIpc) is 2.54. The maximum Gasteiger partial charge on any atom is 0.191 e. The molecule has 0 amide bonds. The van der Waals surface area contributed by atoms with Gasteiger partial charge in [0.1, 0.15) is 11.5 Å². The highest BCUT2D eigenvalue weighted by Crippen LogP contribution is 2.24. The van der Waals surface area contributed by atoms with Crippen molar-refractivity contribution < 1.29 is 9.47 Å². The molecule has 1 aliphatic heterocycles. The van der Waals surface area contributed by atoms with Crippen LogP contribution in [0.2, 0.25) is 0 Å².